The lowest BCUT2D eigenvalue weighted by Crippen LogP contribution is -2.34. The standard InChI is InChI=1S/C14H20Br2N2/c1-10-8-18(9-14(10)17(2)3)13-6-12(16)5-4-11(13)7-15/h4-6,10,14H,7-9H2,1-3H3. The van der Waals surface area contributed by atoms with Crippen LogP contribution in [0.2, 0.25) is 0 Å². The van der Waals surface area contributed by atoms with Crippen molar-refractivity contribution in [1.29, 1.82) is 0 Å². The predicted octanol–water partition coefficient (Wildman–Crippen LogP) is 3.73. The van der Waals surface area contributed by atoms with Crippen molar-refractivity contribution < 1.29 is 0 Å². The van der Waals surface area contributed by atoms with Crippen molar-refractivity contribution in [2.45, 2.75) is 18.3 Å². The Bertz CT molecular complexity index is 420. The number of halogens is 2. The van der Waals surface area contributed by atoms with Gasteiger partial charge in [0.2, 0.25) is 0 Å². The second kappa shape index (κ2) is 5.93. The van der Waals surface area contributed by atoms with E-state index in [1.54, 1.807) is 0 Å². The second-order valence-electron chi connectivity index (χ2n) is 5.32. The minimum Gasteiger partial charge on any atom is -0.369 e. The van der Waals surface area contributed by atoms with Crippen molar-refractivity contribution >= 4 is 37.5 Å². The SMILES string of the molecule is CC1CN(c2cc(Br)ccc2CBr)CC1N(C)C. The summed E-state index contributed by atoms with van der Waals surface area (Å²) in [5, 5.41) is 0.910. The van der Waals surface area contributed by atoms with Crippen molar-refractivity contribution in [2.75, 3.05) is 32.1 Å². The molecule has 1 saturated heterocycles. The van der Waals surface area contributed by atoms with Crippen LogP contribution in [0, 0.1) is 5.92 Å². The largest absolute Gasteiger partial charge is 0.369 e. The quantitative estimate of drug-likeness (QED) is 0.742. The summed E-state index contributed by atoms with van der Waals surface area (Å²) >= 11 is 7.17. The highest BCUT2D eigenvalue weighted by molar-refractivity contribution is 9.10. The van der Waals surface area contributed by atoms with Crippen LogP contribution in [0.1, 0.15) is 12.5 Å². The first-order chi connectivity index (χ1) is 8.52. The Hall–Kier alpha value is -0.0600. The molecule has 0 radical (unpaired) electrons. The molecule has 0 aliphatic carbocycles. The van der Waals surface area contributed by atoms with Gasteiger partial charge in [0.25, 0.3) is 0 Å². The maximum atomic E-state index is 3.59. The number of hydrogen-bond donors (Lipinski definition) is 0. The second-order valence-corrected chi connectivity index (χ2v) is 6.80. The highest BCUT2D eigenvalue weighted by Crippen LogP contribution is 2.32. The zero-order valence-electron chi connectivity index (χ0n) is 11.2. The maximum Gasteiger partial charge on any atom is 0.0419 e. The third kappa shape index (κ3) is 2.91. The zero-order chi connectivity index (χ0) is 13.3. The van der Waals surface area contributed by atoms with Crippen LogP contribution < -0.4 is 4.90 Å². The van der Waals surface area contributed by atoms with Crippen LogP contribution in [0.15, 0.2) is 22.7 Å². The third-order valence-corrected chi connectivity index (χ3v) is 4.87. The molecule has 2 unspecified atom stereocenters. The van der Waals surface area contributed by atoms with Gasteiger partial charge in [0.1, 0.15) is 0 Å². The Labute approximate surface area is 127 Å². The van der Waals surface area contributed by atoms with Crippen LogP contribution in [0.3, 0.4) is 0 Å². The van der Waals surface area contributed by atoms with E-state index in [0.29, 0.717) is 12.0 Å². The van der Waals surface area contributed by atoms with Gasteiger partial charge in [-0.1, -0.05) is 44.8 Å². The maximum absolute atomic E-state index is 3.59. The van der Waals surface area contributed by atoms with Crippen LogP contribution in [-0.4, -0.2) is 38.1 Å². The third-order valence-electron chi connectivity index (χ3n) is 3.77. The molecule has 0 saturated carbocycles. The Kier molecular flexibility index (Phi) is 4.73. The first-order valence-corrected chi connectivity index (χ1v) is 8.20. The van der Waals surface area contributed by atoms with Crippen molar-refractivity contribution in [1.82, 2.24) is 4.90 Å². The molecule has 0 amide bonds. The molecule has 0 N–H and O–H groups in total. The lowest BCUT2D eigenvalue weighted by molar-refractivity contribution is 0.266. The van der Waals surface area contributed by atoms with E-state index in [2.05, 4.69) is 80.9 Å². The van der Waals surface area contributed by atoms with Gasteiger partial charge in [-0.25, -0.2) is 0 Å². The summed E-state index contributed by atoms with van der Waals surface area (Å²) in [5.41, 5.74) is 2.72. The van der Waals surface area contributed by atoms with E-state index >= 15 is 0 Å². The van der Waals surface area contributed by atoms with Gasteiger partial charge in [-0.2, -0.15) is 0 Å². The minimum atomic E-state index is 0.646. The molecule has 100 valence electrons. The van der Waals surface area contributed by atoms with Gasteiger partial charge in [0.15, 0.2) is 0 Å². The smallest absolute Gasteiger partial charge is 0.0419 e. The Morgan fingerprint density at radius 2 is 2.06 bits per heavy atom. The molecule has 1 aromatic rings. The molecule has 0 spiro atoms. The van der Waals surface area contributed by atoms with Gasteiger partial charge >= 0.3 is 0 Å². The number of nitrogens with zero attached hydrogens (tertiary/aromatic N) is 2. The van der Waals surface area contributed by atoms with E-state index in [4.69, 9.17) is 0 Å². The molecule has 18 heavy (non-hydrogen) atoms. The lowest BCUT2D eigenvalue weighted by Gasteiger charge is -2.24. The van der Waals surface area contributed by atoms with Crippen molar-refractivity contribution in [3.63, 3.8) is 0 Å². The molecule has 1 aliphatic rings. The molecule has 1 aromatic carbocycles. The molecule has 1 fully saturated rings. The van der Waals surface area contributed by atoms with E-state index in [-0.39, 0.29) is 0 Å². The average Bonchev–Trinajstić information content (AvgIpc) is 2.71. The number of rotatable bonds is 3. The van der Waals surface area contributed by atoms with Crippen LogP contribution in [0.25, 0.3) is 0 Å². The highest BCUT2D eigenvalue weighted by atomic mass is 79.9. The zero-order valence-corrected chi connectivity index (χ0v) is 14.3. The summed E-state index contributed by atoms with van der Waals surface area (Å²) < 4.78 is 1.16. The minimum absolute atomic E-state index is 0.646. The van der Waals surface area contributed by atoms with Crippen molar-refractivity contribution in [3.8, 4) is 0 Å². The fourth-order valence-electron chi connectivity index (χ4n) is 2.76. The first-order valence-electron chi connectivity index (χ1n) is 6.28. The fourth-order valence-corrected chi connectivity index (χ4v) is 3.59. The van der Waals surface area contributed by atoms with Crippen molar-refractivity contribution in [2.24, 2.45) is 5.92 Å². The summed E-state index contributed by atoms with van der Waals surface area (Å²) in [7, 11) is 4.36. The van der Waals surface area contributed by atoms with Crippen molar-refractivity contribution in [3.05, 3.63) is 28.2 Å². The van der Waals surface area contributed by atoms with Gasteiger partial charge in [0, 0.05) is 34.6 Å². The molecule has 1 heterocycles. The Morgan fingerprint density at radius 3 is 2.61 bits per heavy atom. The average molecular weight is 376 g/mol. The summed E-state index contributed by atoms with van der Waals surface area (Å²) in [6.45, 7) is 4.60. The molecule has 4 heteroatoms. The lowest BCUT2D eigenvalue weighted by atomic mass is 10.1. The van der Waals surface area contributed by atoms with Gasteiger partial charge < -0.3 is 9.80 Å². The number of hydrogen-bond acceptors (Lipinski definition) is 2. The molecule has 2 nitrogen and oxygen atoms in total. The van der Waals surface area contributed by atoms with E-state index in [0.717, 1.165) is 22.9 Å². The monoisotopic (exact) mass is 374 g/mol. The number of alkyl halides is 1. The Morgan fingerprint density at radius 1 is 1.33 bits per heavy atom. The van der Waals surface area contributed by atoms with Gasteiger partial charge in [-0.3, -0.25) is 0 Å². The van der Waals surface area contributed by atoms with E-state index in [1.807, 2.05) is 0 Å². The molecule has 2 atom stereocenters. The summed E-state index contributed by atoms with van der Waals surface area (Å²) in [5.74, 6) is 0.710. The number of likely N-dealkylation sites (N-methyl/N-ethyl adjacent to an activating group) is 1. The summed E-state index contributed by atoms with van der Waals surface area (Å²) in [6, 6.07) is 7.19. The highest BCUT2D eigenvalue weighted by Gasteiger charge is 2.31. The molecular weight excluding hydrogens is 356 g/mol. The molecule has 2 rings (SSSR count). The Balaban J connectivity index is 2.25. The van der Waals surface area contributed by atoms with E-state index in [1.165, 1.54) is 11.3 Å². The van der Waals surface area contributed by atoms with Crippen LogP contribution in [0.5, 0.6) is 0 Å². The topological polar surface area (TPSA) is 6.48 Å². The molecule has 1 aliphatic heterocycles. The molecule has 0 bridgehead atoms. The number of anilines is 1. The number of benzene rings is 1. The summed E-state index contributed by atoms with van der Waals surface area (Å²) in [4.78, 5) is 4.85. The predicted molar refractivity (Wildman–Crippen MR) is 85.6 cm³/mol. The van der Waals surface area contributed by atoms with Gasteiger partial charge in [-0.05, 0) is 37.7 Å². The van der Waals surface area contributed by atoms with Crippen LogP contribution in [0.4, 0.5) is 5.69 Å². The summed E-state index contributed by atoms with van der Waals surface area (Å²) in [6.07, 6.45) is 0. The van der Waals surface area contributed by atoms with Gasteiger partial charge in [0.05, 0.1) is 0 Å². The first kappa shape index (κ1) is 14.4. The van der Waals surface area contributed by atoms with E-state index in [9.17, 15) is 0 Å². The van der Waals surface area contributed by atoms with Crippen LogP contribution in [-0.2, 0) is 5.33 Å². The molecular formula is C14H20Br2N2. The normalized spacial score (nSPS) is 24.0. The van der Waals surface area contributed by atoms with Gasteiger partial charge in [-0.15, -0.1) is 0 Å². The molecule has 0 aromatic heterocycles. The fraction of sp³-hybridized carbons (Fsp3) is 0.571. The van der Waals surface area contributed by atoms with Crippen LogP contribution >= 0.6 is 31.9 Å². The van der Waals surface area contributed by atoms with E-state index < -0.39 is 0 Å².